The number of aromatic nitrogens is 1. The Morgan fingerprint density at radius 1 is 0.527 bits per heavy atom. The number of unbranched alkanes of at least 4 members (excludes halogenated alkanes) is 3. The number of nitrogens with zero attached hydrogens (tertiary/aromatic N) is 1. The molecule has 4 aromatic rings. The molecule has 0 spiro atoms. The van der Waals surface area contributed by atoms with Gasteiger partial charge in [0, 0.05) is 42.9 Å². The number of guanidine groups is 1. The molecule has 604 valence electrons. The van der Waals surface area contributed by atoms with Gasteiger partial charge in [0.15, 0.2) is 5.96 Å². The van der Waals surface area contributed by atoms with Gasteiger partial charge in [-0.05, 0) is 164 Å². The number of aromatic amines is 1. The van der Waals surface area contributed by atoms with Crippen molar-refractivity contribution in [3.63, 3.8) is 0 Å². The summed E-state index contributed by atoms with van der Waals surface area (Å²) < 4.78 is 0. The Morgan fingerprint density at radius 2 is 1.01 bits per heavy atom. The molecule has 1 aromatic heterocycles. The van der Waals surface area contributed by atoms with Gasteiger partial charge in [0.2, 0.25) is 70.9 Å². The number of aliphatic imine (C=N–C) groups is 1. The number of aromatic hydroxyl groups is 1. The monoisotopic (exact) mass is 1530 g/mol. The quantitative estimate of drug-likeness (QED) is 0.0126. The van der Waals surface area contributed by atoms with Gasteiger partial charge < -0.3 is 102 Å². The van der Waals surface area contributed by atoms with Gasteiger partial charge in [0.1, 0.15) is 71.2 Å². The number of allylic oxidation sites excluding steroid dienone is 2. The van der Waals surface area contributed by atoms with Crippen molar-refractivity contribution >= 4 is 87.7 Å². The summed E-state index contributed by atoms with van der Waals surface area (Å²) in [6.45, 7) is 20.1. The van der Waals surface area contributed by atoms with Crippen LogP contribution in [0.4, 0.5) is 0 Å². The van der Waals surface area contributed by atoms with Crippen LogP contribution in [0.2, 0.25) is 0 Å². The summed E-state index contributed by atoms with van der Waals surface area (Å²) in [5.74, 6) is -10.5. The lowest BCUT2D eigenvalue weighted by molar-refractivity contribution is -0.138. The Kier molecular flexibility index (Phi) is 38.3. The fourth-order valence-corrected chi connectivity index (χ4v) is 12.1. The molecule has 12 amide bonds. The third kappa shape index (κ3) is 31.1. The minimum absolute atomic E-state index is 0.0112. The number of aliphatic hydroxyl groups excluding tert-OH is 1. The summed E-state index contributed by atoms with van der Waals surface area (Å²) in [6.07, 6.45) is 5.88. The lowest BCUT2D eigenvalue weighted by Crippen LogP contribution is -2.65. The largest absolute Gasteiger partial charge is 0.508 e. The predicted octanol–water partition coefficient (Wildman–Crippen LogP) is 0.846. The van der Waals surface area contributed by atoms with Crippen molar-refractivity contribution in [1.82, 2.24) is 63.5 Å². The second-order valence-electron chi connectivity index (χ2n) is 29.2. The van der Waals surface area contributed by atoms with Crippen molar-refractivity contribution in [2.45, 2.75) is 230 Å². The summed E-state index contributed by atoms with van der Waals surface area (Å²) in [4.78, 5) is 178. The molecular weight excluding hydrogens is 1410 g/mol. The molecule has 12 atom stereocenters. The zero-order chi connectivity index (χ0) is 81.8. The van der Waals surface area contributed by atoms with Gasteiger partial charge in [-0.3, -0.25) is 62.5 Å². The van der Waals surface area contributed by atoms with E-state index in [1.54, 1.807) is 48.7 Å². The van der Waals surface area contributed by atoms with Crippen molar-refractivity contribution < 1.29 is 67.7 Å². The van der Waals surface area contributed by atoms with Gasteiger partial charge in [-0.2, -0.15) is 0 Å². The van der Waals surface area contributed by atoms with E-state index in [2.05, 4.69) is 81.6 Å². The molecule has 3 aromatic carbocycles. The molecule has 110 heavy (non-hydrogen) atoms. The lowest BCUT2D eigenvalue weighted by Gasteiger charge is -2.34. The second kappa shape index (κ2) is 45.9. The number of carbonyl (C=O) groups excluding carboxylic acids is 12. The van der Waals surface area contributed by atoms with E-state index in [1.807, 2.05) is 52.0 Å². The lowest BCUT2D eigenvalue weighted by atomic mass is 9.91. The first kappa shape index (κ1) is 91.7. The molecule has 0 aliphatic carbocycles. The van der Waals surface area contributed by atoms with Crippen LogP contribution in [0.25, 0.3) is 10.9 Å². The maximum Gasteiger partial charge on any atom is 0.246 e. The number of fused-ring (bicyclic) bond motifs is 1. The van der Waals surface area contributed by atoms with Crippen LogP contribution < -0.4 is 87.2 Å². The van der Waals surface area contributed by atoms with Crippen molar-refractivity contribution in [1.29, 1.82) is 0 Å². The van der Waals surface area contributed by atoms with Crippen molar-refractivity contribution in [3.8, 4) is 5.75 Å². The number of phenols is 1. The Balaban J connectivity index is 1.61. The van der Waals surface area contributed by atoms with Crippen LogP contribution >= 0.6 is 0 Å². The fraction of sp³-hybridized carbons (Fsp3) is 0.526. The van der Waals surface area contributed by atoms with E-state index in [0.717, 1.165) is 10.9 Å². The van der Waals surface area contributed by atoms with Gasteiger partial charge >= 0.3 is 0 Å². The topological polar surface area (TPSA) is 536 Å². The van der Waals surface area contributed by atoms with Crippen LogP contribution in [-0.4, -0.2) is 183 Å². The first-order valence-corrected chi connectivity index (χ1v) is 37.5. The summed E-state index contributed by atoms with van der Waals surface area (Å²) in [5, 5.41) is 50.7. The van der Waals surface area contributed by atoms with Crippen molar-refractivity contribution in [2.75, 3.05) is 19.6 Å². The number of carbonyl (C=O) groups is 12. The number of primary amides is 1. The Morgan fingerprint density at radius 3 is 1.57 bits per heavy atom. The molecule has 0 aliphatic rings. The minimum Gasteiger partial charge on any atom is -0.508 e. The third-order valence-corrected chi connectivity index (χ3v) is 18.5. The van der Waals surface area contributed by atoms with E-state index in [1.165, 1.54) is 52.0 Å². The molecule has 0 bridgehead atoms. The van der Waals surface area contributed by atoms with E-state index in [-0.39, 0.29) is 101 Å². The number of phenolic OH excluding ortho intramolecular Hbond substituents is 1. The first-order chi connectivity index (χ1) is 52.0. The number of amides is 12. The van der Waals surface area contributed by atoms with E-state index in [9.17, 15) is 58.2 Å². The normalized spacial score (nSPS) is 15.1. The second-order valence-corrected chi connectivity index (χ2v) is 29.2. The van der Waals surface area contributed by atoms with E-state index >= 15 is 9.59 Å². The van der Waals surface area contributed by atoms with Crippen LogP contribution in [0.3, 0.4) is 0 Å². The molecule has 0 fully saturated rings. The van der Waals surface area contributed by atoms with Gasteiger partial charge in [-0.1, -0.05) is 101 Å². The molecule has 0 unspecified atom stereocenters. The van der Waals surface area contributed by atoms with Gasteiger partial charge in [0.25, 0.3) is 0 Å². The number of aliphatic hydroxyl groups is 1. The molecule has 0 aliphatic heterocycles. The summed E-state index contributed by atoms with van der Waals surface area (Å²) >= 11 is 0. The average Bonchev–Trinajstić information content (AvgIpc) is 0.900. The summed E-state index contributed by atoms with van der Waals surface area (Å²) in [7, 11) is 0. The van der Waals surface area contributed by atoms with Crippen LogP contribution in [0, 0.1) is 11.8 Å². The zero-order valence-electron chi connectivity index (χ0n) is 64.6. The fourth-order valence-electron chi connectivity index (χ4n) is 12.1. The van der Waals surface area contributed by atoms with Crippen LogP contribution in [-0.2, 0) is 76.8 Å². The summed E-state index contributed by atoms with van der Waals surface area (Å²) in [6, 6.07) is 9.88. The van der Waals surface area contributed by atoms with Gasteiger partial charge in [-0.15, -0.1) is 13.2 Å². The number of hydrogen-bond donors (Lipinski definition) is 19. The molecule has 1 heterocycles. The van der Waals surface area contributed by atoms with Gasteiger partial charge in [0.05, 0.1) is 12.6 Å². The van der Waals surface area contributed by atoms with Gasteiger partial charge in [-0.25, -0.2) is 0 Å². The summed E-state index contributed by atoms with van der Waals surface area (Å²) in [5.41, 5.74) is 27.6. The number of nitrogens with one attached hydrogen (secondary N) is 12. The average molecular weight is 1530 g/mol. The predicted molar refractivity (Wildman–Crippen MR) is 420 cm³/mol. The highest BCUT2D eigenvalue weighted by molar-refractivity contribution is 6.01. The third-order valence-electron chi connectivity index (χ3n) is 18.5. The molecule has 32 heteroatoms. The number of H-pyrrole nitrogens is 1. The molecule has 0 saturated carbocycles. The molecule has 0 saturated heterocycles. The van der Waals surface area contributed by atoms with Crippen molar-refractivity contribution in [2.24, 2.45) is 45.5 Å². The highest BCUT2D eigenvalue weighted by Crippen LogP contribution is 2.23. The smallest absolute Gasteiger partial charge is 0.246 e. The standard InChI is InChI=1S/C78H118N18O14/c1-11-13-21-35-77(9,74(109)86-45-63(99)88-56(30-24-38-84-76(82)83)67(102)90-58(65(81)100)43-52-44-85-55-28-19-18-27-54(52)55)95-71(106)60(40-47(5)6)92-68(103)57(29-20-23-37-79)89-69(104)59(39-46(3)4)94-75(110)78(10,36-22-14-12-2)96-72(107)62(41-50-25-16-15-17-26-50)93-70(105)61(42-51-31-33-53(98)34-32-51)91-66(101)48(7)87-73(108)64(80)49(8)97/h11-12,15-19,25-28,31-34,44,46-49,56-62,64,85,97-98H,1-2,13-14,20-24,29-30,35-43,45,79-80H2,3-10H3,(H2,81,100)(H,86,109)(H,87,108)(H,88,99)(H,89,104)(H,90,102)(H,91,101)(H,92,103)(H,93,105)(H,94,110)(H,95,106)(H,96,107)(H4,82,83,84)/t48-,49+,56-,57-,58-,59-,60-,61-,62-,64-,77-,78-/m0/s1. The number of nitrogens with two attached hydrogens (primary N) is 5. The van der Waals surface area contributed by atoms with E-state index < -0.39 is 149 Å². The van der Waals surface area contributed by atoms with Crippen LogP contribution in [0.5, 0.6) is 5.75 Å². The number of para-hydroxylation sites is 1. The highest BCUT2D eigenvalue weighted by atomic mass is 16.3. The maximum absolute atomic E-state index is 15.1. The molecule has 32 nitrogen and oxygen atoms in total. The van der Waals surface area contributed by atoms with E-state index in [0.29, 0.717) is 55.2 Å². The van der Waals surface area contributed by atoms with Crippen LogP contribution in [0.1, 0.15) is 156 Å². The minimum atomic E-state index is -1.81. The molecular formula is C78H118N18O14. The maximum atomic E-state index is 15.1. The Labute approximate surface area is 643 Å². The Hall–Kier alpha value is -10.7. The van der Waals surface area contributed by atoms with Crippen molar-refractivity contribution in [3.05, 3.63) is 127 Å². The van der Waals surface area contributed by atoms with Crippen LogP contribution in [0.15, 0.2) is 115 Å². The molecule has 4 rings (SSSR count). The number of benzene rings is 3. The number of hydrogen-bond acceptors (Lipinski definition) is 17. The number of rotatable bonds is 50. The molecule has 24 N–H and O–H groups in total. The zero-order valence-corrected chi connectivity index (χ0v) is 64.6. The first-order valence-electron chi connectivity index (χ1n) is 37.5. The SMILES string of the molecule is C=CCCC[C@](C)(NC(=O)[C@H](CC(C)C)NC(=O)[C@H](CCCCN)NC(=O)[C@H](CC(C)C)NC(=O)[C@](C)(CCCC=C)NC(=O)[C@H](Cc1ccccc1)NC(=O)[C@H](Cc1ccc(O)cc1)NC(=O)[C@H](C)NC(=O)[C@@H](N)[C@@H](C)O)C(=O)NCC(=O)N[C@@H](CCCN=C(N)N)C(=O)N[C@@H](Cc1c[nH]c2ccccc12)C(N)=O. The Bertz CT molecular complexity index is 3770. The molecule has 0 radical (unpaired) electrons. The van der Waals surface area contributed by atoms with E-state index in [4.69, 9.17) is 28.7 Å². The highest BCUT2D eigenvalue weighted by Gasteiger charge is 2.42.